The normalized spacial score (nSPS) is 12.5. The van der Waals surface area contributed by atoms with Crippen molar-refractivity contribution in [2.45, 2.75) is 6.18 Å². The highest BCUT2D eigenvalue weighted by molar-refractivity contribution is 7.15. The molecule has 0 aliphatic heterocycles. The Kier molecular flexibility index (Phi) is 5.91. The molecule has 0 aromatic heterocycles. The molecule has 0 bridgehead atoms. The zero-order valence-electron chi connectivity index (χ0n) is 16.8. The molecule has 4 aromatic carbocycles. The third kappa shape index (κ3) is 4.25. The van der Waals surface area contributed by atoms with Crippen molar-refractivity contribution in [3.05, 3.63) is 133 Å². The molecule has 0 spiro atoms. The minimum atomic E-state index is -4.49. The van der Waals surface area contributed by atoms with Crippen LogP contribution >= 0.6 is 0 Å². The van der Waals surface area contributed by atoms with Gasteiger partial charge in [-0.05, 0) is 21.1 Å². The number of alkyl halides is 3. The highest BCUT2D eigenvalue weighted by atomic mass is 28.3. The Morgan fingerprint density at radius 2 is 0.839 bits per heavy atom. The number of allylic oxidation sites excluding steroid dienone is 1. The second kappa shape index (κ2) is 8.78. The fourth-order valence-electron chi connectivity index (χ4n) is 4.02. The average Bonchev–Trinajstić information content (AvgIpc) is 2.81. The van der Waals surface area contributed by atoms with Crippen molar-refractivity contribution in [1.82, 2.24) is 0 Å². The molecule has 0 atom stereocenters. The first-order valence-corrected chi connectivity index (χ1v) is 12.1. The lowest BCUT2D eigenvalue weighted by Gasteiger charge is -2.32. The Hall–Kier alpha value is -3.37. The van der Waals surface area contributed by atoms with Gasteiger partial charge >= 0.3 is 6.18 Å². The molecule has 31 heavy (non-hydrogen) atoms. The van der Waals surface area contributed by atoms with Crippen LogP contribution in [0, 0.1) is 0 Å². The van der Waals surface area contributed by atoms with E-state index < -0.39 is 19.8 Å². The minimum Gasteiger partial charge on any atom is -0.166 e. The van der Waals surface area contributed by atoms with Crippen molar-refractivity contribution in [3.63, 3.8) is 0 Å². The van der Waals surface area contributed by atoms with E-state index in [1.54, 1.807) is 18.2 Å². The molecule has 0 N–H and O–H groups in total. The molecule has 0 fully saturated rings. The largest absolute Gasteiger partial charge is 0.416 e. The van der Waals surface area contributed by atoms with E-state index in [0.29, 0.717) is 0 Å². The van der Waals surface area contributed by atoms with E-state index in [1.165, 1.54) is 17.8 Å². The van der Waals surface area contributed by atoms with Crippen LogP contribution in [0.2, 0.25) is 0 Å². The maximum Gasteiger partial charge on any atom is 0.416 e. The molecule has 0 unspecified atom stereocenters. The molecule has 0 heterocycles. The van der Waals surface area contributed by atoms with E-state index in [0.717, 1.165) is 15.6 Å². The predicted molar refractivity (Wildman–Crippen MR) is 124 cm³/mol. The minimum absolute atomic E-state index is 0.176. The molecule has 0 amide bonds. The van der Waals surface area contributed by atoms with Gasteiger partial charge in [-0.2, -0.15) is 13.2 Å². The maximum atomic E-state index is 14.4. The predicted octanol–water partition coefficient (Wildman–Crippen LogP) is 5.34. The van der Waals surface area contributed by atoms with Gasteiger partial charge in [0.25, 0.3) is 0 Å². The van der Waals surface area contributed by atoms with Gasteiger partial charge in [0.1, 0.15) is 0 Å². The highest BCUT2D eigenvalue weighted by Gasteiger charge is 2.43. The van der Waals surface area contributed by atoms with Crippen molar-refractivity contribution in [2.24, 2.45) is 0 Å². The van der Waals surface area contributed by atoms with Gasteiger partial charge in [-0.1, -0.05) is 127 Å². The summed E-state index contributed by atoms with van der Waals surface area (Å²) < 4.78 is 43.3. The van der Waals surface area contributed by atoms with E-state index in [-0.39, 0.29) is 5.56 Å². The first-order valence-electron chi connectivity index (χ1n) is 10.0. The van der Waals surface area contributed by atoms with Crippen LogP contribution in [0.1, 0.15) is 5.56 Å². The molecule has 154 valence electrons. The van der Waals surface area contributed by atoms with Gasteiger partial charge in [0, 0.05) is 0 Å². The monoisotopic (exact) mass is 430 g/mol. The Morgan fingerprint density at radius 1 is 0.516 bits per heavy atom. The third-order valence-corrected chi connectivity index (χ3v) is 9.89. The van der Waals surface area contributed by atoms with Crippen molar-refractivity contribution in [2.75, 3.05) is 0 Å². The maximum absolute atomic E-state index is 14.4. The summed E-state index contributed by atoms with van der Waals surface area (Å²) >= 11 is 0. The summed E-state index contributed by atoms with van der Waals surface area (Å²) in [6, 6.07) is 36.8. The first-order chi connectivity index (χ1) is 15.0. The summed E-state index contributed by atoms with van der Waals surface area (Å²) in [6.45, 7) is 0. The molecule has 0 aliphatic carbocycles. The summed E-state index contributed by atoms with van der Waals surface area (Å²) in [7, 11) is -3.16. The summed E-state index contributed by atoms with van der Waals surface area (Å²) in [4.78, 5) is 0. The number of benzene rings is 4. The summed E-state index contributed by atoms with van der Waals surface area (Å²) in [5.41, 5.74) is 1.09. The molecular weight excluding hydrogens is 409 g/mol. The Balaban J connectivity index is 2.13. The van der Waals surface area contributed by atoms with Gasteiger partial charge in [-0.25, -0.2) is 0 Å². The Labute approximate surface area is 181 Å². The number of halogens is 3. The fourth-order valence-corrected chi connectivity index (χ4v) is 8.43. The summed E-state index contributed by atoms with van der Waals surface area (Å²) in [5, 5.41) is 2.72. The number of hydrogen-bond acceptors (Lipinski definition) is 0. The van der Waals surface area contributed by atoms with E-state index in [4.69, 9.17) is 0 Å². The molecule has 0 saturated heterocycles. The smallest absolute Gasteiger partial charge is 0.166 e. The summed E-state index contributed by atoms with van der Waals surface area (Å²) in [6.07, 6.45) is -4.49. The van der Waals surface area contributed by atoms with E-state index in [9.17, 15) is 13.2 Å². The highest BCUT2D eigenvalue weighted by Crippen LogP contribution is 2.35. The van der Waals surface area contributed by atoms with Crippen LogP contribution in [0.4, 0.5) is 13.2 Å². The van der Waals surface area contributed by atoms with Crippen LogP contribution in [-0.2, 0) is 0 Å². The molecule has 4 rings (SSSR count). The van der Waals surface area contributed by atoms with Gasteiger partial charge in [0.15, 0.2) is 8.07 Å². The molecule has 0 aliphatic rings. The fraction of sp³-hybridized carbons (Fsp3) is 0.0370. The number of rotatable bonds is 5. The topological polar surface area (TPSA) is 0 Å². The second-order valence-corrected chi connectivity index (χ2v) is 11.0. The van der Waals surface area contributed by atoms with Crippen LogP contribution in [0.25, 0.3) is 5.57 Å². The Morgan fingerprint density at radius 3 is 1.16 bits per heavy atom. The van der Waals surface area contributed by atoms with E-state index in [2.05, 4.69) is 0 Å². The standard InChI is InChI=1S/C27H21F3Si/c28-27(29,30)26(22-13-5-1-6-14-22)21-31(23-15-7-2-8-16-23,24-17-9-3-10-18-24)25-19-11-4-12-20-25/h1-21H/b26-21+. The Bertz CT molecular complexity index is 1040. The lowest BCUT2D eigenvalue weighted by Crippen LogP contribution is -2.66. The van der Waals surface area contributed by atoms with Gasteiger partial charge in [0.2, 0.25) is 0 Å². The third-order valence-electron chi connectivity index (χ3n) is 5.44. The zero-order valence-corrected chi connectivity index (χ0v) is 17.8. The lowest BCUT2D eigenvalue weighted by molar-refractivity contribution is -0.0688. The molecular formula is C27H21F3Si. The van der Waals surface area contributed by atoms with Crippen LogP contribution in [-0.4, -0.2) is 14.3 Å². The second-order valence-electron chi connectivity index (χ2n) is 7.33. The van der Waals surface area contributed by atoms with Crippen molar-refractivity contribution >= 4 is 29.2 Å². The van der Waals surface area contributed by atoms with Gasteiger partial charge in [0.05, 0.1) is 5.57 Å². The molecule has 4 heteroatoms. The zero-order chi connectivity index (χ0) is 21.7. The van der Waals surface area contributed by atoms with Gasteiger partial charge in [-0.15, -0.1) is 0 Å². The van der Waals surface area contributed by atoms with E-state index >= 15 is 0 Å². The number of hydrogen-bond donors (Lipinski definition) is 0. The van der Waals surface area contributed by atoms with E-state index in [1.807, 2.05) is 91.0 Å². The van der Waals surface area contributed by atoms with Crippen LogP contribution in [0.5, 0.6) is 0 Å². The SMILES string of the molecule is FC(F)(F)/C(=C/[Si](c1ccccc1)(c1ccccc1)c1ccccc1)c1ccccc1. The van der Waals surface area contributed by atoms with Crippen molar-refractivity contribution < 1.29 is 13.2 Å². The molecule has 0 nitrogen and oxygen atoms in total. The van der Waals surface area contributed by atoms with Gasteiger partial charge in [-0.3, -0.25) is 0 Å². The van der Waals surface area contributed by atoms with Crippen molar-refractivity contribution in [1.29, 1.82) is 0 Å². The lowest BCUT2D eigenvalue weighted by atomic mass is 10.1. The molecule has 0 radical (unpaired) electrons. The first kappa shape index (κ1) is 20.9. The van der Waals surface area contributed by atoms with Gasteiger partial charge < -0.3 is 0 Å². The van der Waals surface area contributed by atoms with Crippen LogP contribution < -0.4 is 15.6 Å². The van der Waals surface area contributed by atoms with Crippen LogP contribution in [0.3, 0.4) is 0 Å². The summed E-state index contributed by atoms with van der Waals surface area (Å²) in [5.74, 6) is 0. The average molecular weight is 431 g/mol. The molecule has 0 saturated carbocycles. The quantitative estimate of drug-likeness (QED) is 0.296. The van der Waals surface area contributed by atoms with Crippen molar-refractivity contribution in [3.8, 4) is 0 Å². The molecule has 4 aromatic rings. The van der Waals surface area contributed by atoms with Crippen LogP contribution in [0.15, 0.2) is 127 Å².